The molecule has 0 heterocycles. The van der Waals surface area contributed by atoms with Gasteiger partial charge >= 0.3 is 19.8 Å². The van der Waals surface area contributed by atoms with Crippen LogP contribution in [-0.2, 0) is 32.7 Å². The minimum Gasteiger partial charge on any atom is -0.462 e. The number of unbranched alkanes of at least 4 members (excludes halogenated alkanes) is 13. The third-order valence-electron chi connectivity index (χ3n) is 8.78. The predicted octanol–water partition coefficient (Wildman–Crippen LogP) is 6.05. The molecule has 306 valence electrons. The number of carbonyl (C=O) groups is 2. The zero-order valence-corrected chi connectivity index (χ0v) is 32.7. The van der Waals surface area contributed by atoms with Crippen LogP contribution in [-0.4, -0.2) is 98.3 Å². The van der Waals surface area contributed by atoms with Crippen LogP contribution in [0, 0.1) is 0 Å². The van der Waals surface area contributed by atoms with Crippen molar-refractivity contribution in [2.45, 2.75) is 172 Å². The summed E-state index contributed by atoms with van der Waals surface area (Å²) in [7, 11) is -5.11. The molecule has 0 aromatic rings. The molecule has 14 heteroatoms. The maximum Gasteiger partial charge on any atom is 0.472 e. The van der Waals surface area contributed by atoms with Crippen molar-refractivity contribution in [2.24, 2.45) is 0 Å². The summed E-state index contributed by atoms with van der Waals surface area (Å²) in [5, 5.41) is 49.9. The van der Waals surface area contributed by atoms with Gasteiger partial charge in [0.2, 0.25) is 0 Å². The van der Waals surface area contributed by atoms with Gasteiger partial charge in [-0.1, -0.05) is 133 Å². The lowest BCUT2D eigenvalue weighted by Gasteiger charge is -2.41. The molecule has 0 saturated heterocycles. The second kappa shape index (κ2) is 30.1. The van der Waals surface area contributed by atoms with Crippen LogP contribution in [0.5, 0.6) is 0 Å². The van der Waals surface area contributed by atoms with E-state index < -0.39 is 75.7 Å². The van der Waals surface area contributed by atoms with Gasteiger partial charge in [-0.15, -0.1) is 0 Å². The number of hydrogen-bond acceptors (Lipinski definition) is 12. The Morgan fingerprint density at radius 2 is 1.08 bits per heavy atom. The van der Waals surface area contributed by atoms with Crippen molar-refractivity contribution in [2.75, 3.05) is 13.2 Å². The quantitative estimate of drug-likeness (QED) is 0.0213. The highest BCUT2D eigenvalue weighted by molar-refractivity contribution is 7.47. The fraction of sp³-hybridized carbons (Fsp3) is 0.744. The van der Waals surface area contributed by atoms with E-state index in [0.29, 0.717) is 12.8 Å². The van der Waals surface area contributed by atoms with E-state index in [-0.39, 0.29) is 12.8 Å². The molecule has 0 aliphatic heterocycles. The fourth-order valence-corrected chi connectivity index (χ4v) is 6.56. The zero-order chi connectivity index (χ0) is 39.3. The molecule has 8 atom stereocenters. The Balaban J connectivity index is 2.54. The summed E-state index contributed by atoms with van der Waals surface area (Å²) in [6.07, 6.45) is 19.1. The minimum absolute atomic E-state index is 0.0902. The monoisotopic (exact) mass is 774 g/mol. The SMILES string of the molecule is CC/C=C/C=C/C=C/C=C/CCCCCCCC(=O)OC[C@@H](COP(=O)(O)OC1C(O)C(O)C(O)[C@H](O)C1O)OC(=O)CCCCCCCCCCC. The maximum absolute atomic E-state index is 12.7. The molecule has 53 heavy (non-hydrogen) atoms. The van der Waals surface area contributed by atoms with E-state index in [2.05, 4.69) is 26.0 Å². The maximum atomic E-state index is 12.7. The summed E-state index contributed by atoms with van der Waals surface area (Å²) < 4.78 is 33.3. The molecule has 13 nitrogen and oxygen atoms in total. The van der Waals surface area contributed by atoms with Crippen molar-refractivity contribution in [1.29, 1.82) is 0 Å². The fourth-order valence-electron chi connectivity index (χ4n) is 5.59. The molecule has 6 unspecified atom stereocenters. The number of hydrogen-bond donors (Lipinski definition) is 6. The van der Waals surface area contributed by atoms with Gasteiger partial charge in [0.25, 0.3) is 0 Å². The van der Waals surface area contributed by atoms with Gasteiger partial charge in [0.15, 0.2) is 6.10 Å². The van der Waals surface area contributed by atoms with Gasteiger partial charge in [-0.05, 0) is 32.1 Å². The van der Waals surface area contributed by atoms with E-state index in [1.54, 1.807) is 0 Å². The zero-order valence-electron chi connectivity index (χ0n) is 31.8. The van der Waals surface area contributed by atoms with Crippen LogP contribution in [0.4, 0.5) is 0 Å². The minimum atomic E-state index is -5.11. The number of allylic oxidation sites excluding steroid dienone is 8. The first-order valence-corrected chi connectivity index (χ1v) is 21.0. The molecule has 0 spiro atoms. The number of aliphatic hydroxyl groups excluding tert-OH is 5. The Hall–Kier alpha value is -2.19. The lowest BCUT2D eigenvalue weighted by Crippen LogP contribution is -2.64. The third kappa shape index (κ3) is 23.4. The van der Waals surface area contributed by atoms with Crippen molar-refractivity contribution in [3.05, 3.63) is 48.6 Å². The molecule has 0 aromatic carbocycles. The molecule has 1 saturated carbocycles. The van der Waals surface area contributed by atoms with Crippen LogP contribution < -0.4 is 0 Å². The second-order valence-corrected chi connectivity index (χ2v) is 14.9. The Morgan fingerprint density at radius 3 is 1.64 bits per heavy atom. The highest BCUT2D eigenvalue weighted by Crippen LogP contribution is 2.47. The molecular formula is C39H67O13P. The Labute approximate surface area is 316 Å². The molecule has 1 fully saturated rings. The number of ether oxygens (including phenoxy) is 2. The standard InChI is InChI=1S/C39H67O13P/c1-3-5-7-9-11-13-14-15-16-17-18-20-21-23-25-27-32(40)49-29-31(51-33(41)28-26-24-22-19-12-10-8-6-4-2)30-50-53(47,48)52-39-37(45)35(43)34(42)36(44)38(39)46/h5,7,9,11,13-16,31,34-39,42-46H,3-4,6,8,10,12,17-30H2,1-2H3,(H,47,48)/b7-5+,11-9+,14-13+,16-15+/t31-,34?,35-,36?,37?,38?,39?/m0/s1. The third-order valence-corrected chi connectivity index (χ3v) is 9.76. The van der Waals surface area contributed by atoms with Gasteiger partial charge in [0, 0.05) is 12.8 Å². The van der Waals surface area contributed by atoms with Gasteiger partial charge in [0.05, 0.1) is 6.61 Å². The highest BCUT2D eigenvalue weighted by Gasteiger charge is 2.51. The van der Waals surface area contributed by atoms with Crippen molar-refractivity contribution in [3.8, 4) is 0 Å². The Bertz CT molecular complexity index is 1120. The molecular weight excluding hydrogens is 707 g/mol. The summed E-state index contributed by atoms with van der Waals surface area (Å²) in [6, 6.07) is 0. The average molecular weight is 775 g/mol. The summed E-state index contributed by atoms with van der Waals surface area (Å²) in [5.41, 5.74) is 0. The molecule has 1 rings (SSSR count). The Morgan fingerprint density at radius 1 is 0.604 bits per heavy atom. The first kappa shape index (κ1) is 48.8. The highest BCUT2D eigenvalue weighted by atomic mass is 31.2. The van der Waals surface area contributed by atoms with Gasteiger partial charge in [-0.3, -0.25) is 18.6 Å². The molecule has 1 aliphatic carbocycles. The number of rotatable bonds is 30. The van der Waals surface area contributed by atoms with Crippen LogP contribution >= 0.6 is 7.82 Å². The Kier molecular flexibility index (Phi) is 27.7. The first-order valence-electron chi connectivity index (χ1n) is 19.5. The molecule has 0 radical (unpaired) electrons. The van der Waals surface area contributed by atoms with Crippen LogP contribution in [0.3, 0.4) is 0 Å². The second-order valence-electron chi connectivity index (χ2n) is 13.5. The number of carbonyl (C=O) groups excluding carboxylic acids is 2. The van der Waals surface area contributed by atoms with E-state index in [1.807, 2.05) is 36.5 Å². The normalized spacial score (nSPS) is 24.0. The van der Waals surface area contributed by atoms with Gasteiger partial charge < -0.3 is 39.9 Å². The van der Waals surface area contributed by atoms with Crippen molar-refractivity contribution in [1.82, 2.24) is 0 Å². The van der Waals surface area contributed by atoms with E-state index in [9.17, 15) is 44.6 Å². The molecule has 0 amide bonds. The van der Waals surface area contributed by atoms with Crippen molar-refractivity contribution in [3.63, 3.8) is 0 Å². The van der Waals surface area contributed by atoms with Gasteiger partial charge in [-0.2, -0.15) is 0 Å². The van der Waals surface area contributed by atoms with E-state index >= 15 is 0 Å². The summed E-state index contributed by atoms with van der Waals surface area (Å²) in [5.74, 6) is -1.13. The molecule has 0 bridgehead atoms. The van der Waals surface area contributed by atoms with Crippen LogP contribution in [0.25, 0.3) is 0 Å². The lowest BCUT2D eigenvalue weighted by molar-refractivity contribution is -0.220. The predicted molar refractivity (Wildman–Crippen MR) is 203 cm³/mol. The number of aliphatic hydroxyl groups is 5. The number of phosphoric acid groups is 1. The van der Waals surface area contributed by atoms with Gasteiger partial charge in [0.1, 0.15) is 43.2 Å². The molecule has 1 aliphatic rings. The van der Waals surface area contributed by atoms with Crippen molar-refractivity contribution < 1.29 is 63.1 Å². The summed E-state index contributed by atoms with van der Waals surface area (Å²) in [4.78, 5) is 35.4. The molecule has 0 aromatic heterocycles. The number of phosphoric ester groups is 1. The lowest BCUT2D eigenvalue weighted by atomic mass is 9.85. The van der Waals surface area contributed by atoms with Gasteiger partial charge in [-0.25, -0.2) is 4.57 Å². The summed E-state index contributed by atoms with van der Waals surface area (Å²) in [6.45, 7) is 3.07. The average Bonchev–Trinajstić information content (AvgIpc) is 3.13. The summed E-state index contributed by atoms with van der Waals surface area (Å²) >= 11 is 0. The van der Waals surface area contributed by atoms with E-state index in [1.165, 1.54) is 25.7 Å². The van der Waals surface area contributed by atoms with Crippen LogP contribution in [0.1, 0.15) is 129 Å². The number of esters is 2. The van der Waals surface area contributed by atoms with E-state index in [0.717, 1.165) is 64.2 Å². The molecule has 6 N–H and O–H groups in total. The topological polar surface area (TPSA) is 210 Å². The smallest absolute Gasteiger partial charge is 0.462 e. The van der Waals surface area contributed by atoms with Crippen molar-refractivity contribution >= 4 is 19.8 Å². The largest absolute Gasteiger partial charge is 0.472 e. The first-order chi connectivity index (χ1) is 25.4. The van der Waals surface area contributed by atoms with Crippen LogP contribution in [0.15, 0.2) is 48.6 Å². The van der Waals surface area contributed by atoms with Crippen LogP contribution in [0.2, 0.25) is 0 Å². The van der Waals surface area contributed by atoms with E-state index in [4.69, 9.17) is 18.5 Å².